The number of hydrogen-bond donors (Lipinski definition) is 0. The Balaban J connectivity index is 2.59. The van der Waals surface area contributed by atoms with Crippen LogP contribution in [-0.4, -0.2) is 20.2 Å². The molecular weight excluding hydrogens is 268 g/mol. The third kappa shape index (κ3) is 1.79. The Bertz CT molecular complexity index is 460. The van der Waals surface area contributed by atoms with E-state index in [2.05, 4.69) is 20.9 Å². The zero-order valence-corrected chi connectivity index (χ0v) is 10.9. The molecule has 4 heteroatoms. The van der Waals surface area contributed by atoms with Crippen molar-refractivity contribution in [3.63, 3.8) is 0 Å². The number of benzene rings is 1. The Morgan fingerprint density at radius 1 is 1.44 bits per heavy atom. The van der Waals surface area contributed by atoms with E-state index < -0.39 is 0 Å². The van der Waals surface area contributed by atoms with E-state index in [4.69, 9.17) is 0 Å². The first-order valence-electron chi connectivity index (χ1n) is 5.16. The van der Waals surface area contributed by atoms with Gasteiger partial charge in [-0.05, 0) is 25.0 Å². The standard InChI is InChI=1S/C12H13BrN2O/c1-15(2)10-5-3-4-9(13)11(10)12(6-7-12)14-8-16/h3-5H,6-7H2,1-2H3. The molecule has 1 fully saturated rings. The molecule has 1 aliphatic rings. The van der Waals surface area contributed by atoms with Crippen molar-refractivity contribution in [1.29, 1.82) is 0 Å². The van der Waals surface area contributed by atoms with Crippen LogP contribution < -0.4 is 4.90 Å². The smallest absolute Gasteiger partial charge is 0.235 e. The van der Waals surface area contributed by atoms with Crippen molar-refractivity contribution >= 4 is 27.7 Å². The fourth-order valence-electron chi connectivity index (χ4n) is 1.97. The van der Waals surface area contributed by atoms with Crippen molar-refractivity contribution < 1.29 is 4.79 Å². The molecule has 0 amide bonds. The Hall–Kier alpha value is -1.12. The first-order chi connectivity index (χ1) is 7.60. The maximum atomic E-state index is 10.5. The Kier molecular flexibility index (Phi) is 2.87. The molecule has 1 saturated carbocycles. The van der Waals surface area contributed by atoms with Crippen molar-refractivity contribution in [2.75, 3.05) is 19.0 Å². The van der Waals surface area contributed by atoms with Crippen molar-refractivity contribution in [1.82, 2.24) is 0 Å². The average Bonchev–Trinajstić information content (AvgIpc) is 2.98. The number of anilines is 1. The van der Waals surface area contributed by atoms with Crippen LogP contribution >= 0.6 is 15.9 Å². The summed E-state index contributed by atoms with van der Waals surface area (Å²) < 4.78 is 1.01. The van der Waals surface area contributed by atoms with Gasteiger partial charge >= 0.3 is 0 Å². The zero-order chi connectivity index (χ0) is 11.8. The van der Waals surface area contributed by atoms with Crippen molar-refractivity contribution in [3.05, 3.63) is 28.2 Å². The number of hydrogen-bond acceptors (Lipinski definition) is 3. The van der Waals surface area contributed by atoms with E-state index in [1.165, 1.54) is 0 Å². The largest absolute Gasteiger partial charge is 0.377 e. The molecular formula is C12H13BrN2O. The maximum absolute atomic E-state index is 10.5. The van der Waals surface area contributed by atoms with Crippen LogP contribution in [0.15, 0.2) is 27.7 Å². The summed E-state index contributed by atoms with van der Waals surface area (Å²) in [7, 11) is 3.98. The van der Waals surface area contributed by atoms with Gasteiger partial charge in [0.25, 0.3) is 0 Å². The average molecular weight is 281 g/mol. The molecule has 1 aromatic carbocycles. The summed E-state index contributed by atoms with van der Waals surface area (Å²) >= 11 is 3.54. The minimum absolute atomic E-state index is 0.332. The second-order valence-electron chi connectivity index (χ2n) is 4.26. The minimum Gasteiger partial charge on any atom is -0.377 e. The number of rotatable bonds is 3. The molecule has 0 aliphatic heterocycles. The first kappa shape index (κ1) is 11.4. The van der Waals surface area contributed by atoms with Crippen molar-refractivity contribution in [3.8, 4) is 0 Å². The highest BCUT2D eigenvalue weighted by atomic mass is 79.9. The van der Waals surface area contributed by atoms with Crippen LogP contribution in [-0.2, 0) is 10.3 Å². The van der Waals surface area contributed by atoms with E-state index >= 15 is 0 Å². The summed E-state index contributed by atoms with van der Waals surface area (Å²) in [4.78, 5) is 16.5. The number of aliphatic imine (C=N–C) groups is 1. The van der Waals surface area contributed by atoms with Crippen molar-refractivity contribution in [2.24, 2.45) is 4.99 Å². The van der Waals surface area contributed by atoms with Gasteiger partial charge in [-0.15, -0.1) is 0 Å². The van der Waals surface area contributed by atoms with E-state index in [-0.39, 0.29) is 5.54 Å². The van der Waals surface area contributed by atoms with Crippen LogP contribution in [0.2, 0.25) is 0 Å². The molecule has 0 spiro atoms. The lowest BCUT2D eigenvalue weighted by molar-refractivity contribution is 0.556. The monoisotopic (exact) mass is 280 g/mol. The Labute approximate surface area is 103 Å². The van der Waals surface area contributed by atoms with Gasteiger partial charge < -0.3 is 4.90 Å². The quantitative estimate of drug-likeness (QED) is 0.630. The van der Waals surface area contributed by atoms with Gasteiger partial charge in [-0.3, -0.25) is 0 Å². The van der Waals surface area contributed by atoms with Gasteiger partial charge in [-0.2, -0.15) is 4.99 Å². The molecule has 0 aromatic heterocycles. The third-order valence-electron chi connectivity index (χ3n) is 2.92. The normalized spacial score (nSPS) is 16.4. The van der Waals surface area contributed by atoms with E-state index in [9.17, 15) is 4.79 Å². The van der Waals surface area contributed by atoms with Gasteiger partial charge in [0.2, 0.25) is 6.08 Å². The Morgan fingerprint density at radius 2 is 2.12 bits per heavy atom. The molecule has 1 aromatic rings. The molecule has 0 unspecified atom stereocenters. The number of isocyanates is 1. The molecule has 3 nitrogen and oxygen atoms in total. The van der Waals surface area contributed by atoms with Crippen LogP contribution in [0.5, 0.6) is 0 Å². The molecule has 0 heterocycles. The van der Waals surface area contributed by atoms with Crippen LogP contribution in [0.4, 0.5) is 5.69 Å². The van der Waals surface area contributed by atoms with E-state index in [1.807, 2.05) is 37.2 Å². The van der Waals surface area contributed by atoms with Crippen LogP contribution in [0.1, 0.15) is 18.4 Å². The zero-order valence-electron chi connectivity index (χ0n) is 9.33. The lowest BCUT2D eigenvalue weighted by Crippen LogP contribution is -2.15. The molecule has 84 valence electrons. The second-order valence-corrected chi connectivity index (χ2v) is 5.12. The fourth-order valence-corrected chi connectivity index (χ4v) is 2.69. The summed E-state index contributed by atoms with van der Waals surface area (Å²) in [5, 5.41) is 0. The molecule has 0 bridgehead atoms. The van der Waals surface area contributed by atoms with Gasteiger partial charge in [-0.1, -0.05) is 22.0 Å². The summed E-state index contributed by atoms with van der Waals surface area (Å²) in [6, 6.07) is 6.02. The third-order valence-corrected chi connectivity index (χ3v) is 3.58. The summed E-state index contributed by atoms with van der Waals surface area (Å²) in [6.07, 6.45) is 3.54. The molecule has 0 saturated heterocycles. The maximum Gasteiger partial charge on any atom is 0.235 e. The fraction of sp³-hybridized carbons (Fsp3) is 0.417. The molecule has 16 heavy (non-hydrogen) atoms. The highest BCUT2D eigenvalue weighted by Crippen LogP contribution is 2.54. The van der Waals surface area contributed by atoms with Gasteiger partial charge in [0.05, 0.1) is 0 Å². The van der Waals surface area contributed by atoms with Gasteiger partial charge in [0.1, 0.15) is 5.54 Å². The van der Waals surface area contributed by atoms with Gasteiger partial charge in [0, 0.05) is 29.8 Å². The summed E-state index contributed by atoms with van der Waals surface area (Å²) in [5.74, 6) is 0. The summed E-state index contributed by atoms with van der Waals surface area (Å²) in [5.41, 5.74) is 1.87. The van der Waals surface area contributed by atoms with Crippen LogP contribution in [0, 0.1) is 0 Å². The number of halogens is 1. The SMILES string of the molecule is CN(C)c1cccc(Br)c1C1(N=C=O)CC1. The van der Waals surface area contributed by atoms with Crippen molar-refractivity contribution in [2.45, 2.75) is 18.4 Å². The van der Waals surface area contributed by atoms with E-state index in [1.54, 1.807) is 6.08 Å². The number of nitrogens with zero attached hydrogens (tertiary/aromatic N) is 2. The Morgan fingerprint density at radius 3 is 2.62 bits per heavy atom. The molecule has 1 aliphatic carbocycles. The van der Waals surface area contributed by atoms with Gasteiger partial charge in [-0.25, -0.2) is 4.79 Å². The second kappa shape index (κ2) is 4.04. The predicted octanol–water partition coefficient (Wildman–Crippen LogP) is 2.84. The van der Waals surface area contributed by atoms with Gasteiger partial charge in [0.15, 0.2) is 0 Å². The predicted molar refractivity (Wildman–Crippen MR) is 67.5 cm³/mol. The number of carbonyl (C=O) groups excluding carboxylic acids is 1. The van der Waals surface area contributed by atoms with E-state index in [0.717, 1.165) is 28.6 Å². The van der Waals surface area contributed by atoms with Crippen LogP contribution in [0.3, 0.4) is 0 Å². The molecule has 0 atom stereocenters. The minimum atomic E-state index is -0.332. The molecule has 0 N–H and O–H groups in total. The van der Waals surface area contributed by atoms with E-state index in [0.29, 0.717) is 0 Å². The topological polar surface area (TPSA) is 32.7 Å². The molecule has 2 rings (SSSR count). The lowest BCUT2D eigenvalue weighted by atomic mass is 10.0. The summed E-state index contributed by atoms with van der Waals surface area (Å²) in [6.45, 7) is 0. The first-order valence-corrected chi connectivity index (χ1v) is 5.95. The highest BCUT2D eigenvalue weighted by molar-refractivity contribution is 9.10. The highest BCUT2D eigenvalue weighted by Gasteiger charge is 2.47. The van der Waals surface area contributed by atoms with Crippen LogP contribution in [0.25, 0.3) is 0 Å². The molecule has 0 radical (unpaired) electrons. The lowest BCUT2D eigenvalue weighted by Gasteiger charge is -2.21.